The zero-order valence-electron chi connectivity index (χ0n) is 8.51. The first-order valence-corrected chi connectivity index (χ1v) is 5.16. The Hall–Kier alpha value is -0.560. The minimum atomic E-state index is -0.0921. The molecule has 2 aliphatic carbocycles. The Labute approximate surface area is 80.2 Å². The lowest BCUT2D eigenvalue weighted by molar-refractivity contribution is -0.0272. The van der Waals surface area contributed by atoms with E-state index in [1.54, 1.807) is 0 Å². The van der Waals surface area contributed by atoms with Crippen molar-refractivity contribution in [1.82, 2.24) is 0 Å². The molecule has 0 saturated heterocycles. The van der Waals surface area contributed by atoms with Crippen molar-refractivity contribution in [3.8, 4) is 0 Å². The quantitative estimate of drug-likeness (QED) is 0.612. The maximum atomic E-state index is 9.72. The second-order valence-electron chi connectivity index (χ2n) is 4.66. The van der Waals surface area contributed by atoms with Crippen molar-refractivity contribution in [2.45, 2.75) is 45.6 Å². The van der Waals surface area contributed by atoms with Gasteiger partial charge in [-0.1, -0.05) is 30.2 Å². The minimum Gasteiger partial charge on any atom is -0.392 e. The summed E-state index contributed by atoms with van der Waals surface area (Å²) in [6.45, 7) is 4.37. The molecule has 0 aromatic rings. The van der Waals surface area contributed by atoms with Crippen LogP contribution in [0.2, 0.25) is 0 Å². The molecule has 1 heteroatoms. The van der Waals surface area contributed by atoms with Gasteiger partial charge < -0.3 is 5.11 Å². The van der Waals surface area contributed by atoms with E-state index >= 15 is 0 Å². The van der Waals surface area contributed by atoms with Crippen LogP contribution in [0.25, 0.3) is 0 Å². The zero-order chi connectivity index (χ0) is 9.47. The minimum absolute atomic E-state index is 0.0921. The first kappa shape index (κ1) is 9.01. The Kier molecular flexibility index (Phi) is 2.07. The lowest BCUT2D eigenvalue weighted by Crippen LogP contribution is -2.43. The van der Waals surface area contributed by atoms with Gasteiger partial charge in [0.05, 0.1) is 6.10 Å². The fourth-order valence-corrected chi connectivity index (χ4v) is 2.28. The summed E-state index contributed by atoms with van der Waals surface area (Å²) >= 11 is 0. The van der Waals surface area contributed by atoms with Crippen molar-refractivity contribution in [3.05, 3.63) is 23.3 Å². The van der Waals surface area contributed by atoms with E-state index in [0.717, 1.165) is 25.7 Å². The molecule has 2 aliphatic rings. The van der Waals surface area contributed by atoms with Crippen LogP contribution in [0, 0.1) is 5.41 Å². The van der Waals surface area contributed by atoms with E-state index in [1.165, 1.54) is 11.1 Å². The highest BCUT2D eigenvalue weighted by Crippen LogP contribution is 2.49. The molecule has 0 aromatic heterocycles. The zero-order valence-corrected chi connectivity index (χ0v) is 8.51. The van der Waals surface area contributed by atoms with Crippen LogP contribution in [0.15, 0.2) is 23.3 Å². The molecule has 0 heterocycles. The molecule has 2 rings (SSSR count). The lowest BCUT2D eigenvalue weighted by atomic mass is 9.61. The molecule has 0 radical (unpaired) electrons. The summed E-state index contributed by atoms with van der Waals surface area (Å²) < 4.78 is 0. The predicted octanol–water partition coefficient (Wildman–Crippen LogP) is 2.81. The van der Waals surface area contributed by atoms with Gasteiger partial charge in [0.15, 0.2) is 0 Å². The largest absolute Gasteiger partial charge is 0.392 e. The fraction of sp³-hybridized carbons (Fsp3) is 0.667. The van der Waals surface area contributed by atoms with E-state index in [0.29, 0.717) is 0 Å². The van der Waals surface area contributed by atoms with E-state index in [1.807, 2.05) is 0 Å². The topological polar surface area (TPSA) is 20.2 Å². The standard InChI is InChI=1S/C12H18O/c1-9-3-5-10(6-4-9)12(2)8-7-11(12)13/h3,6,11,13H,4-5,7-8H2,1-2H3/t11-,12-/m0/s1. The highest BCUT2D eigenvalue weighted by atomic mass is 16.3. The van der Waals surface area contributed by atoms with Gasteiger partial charge in [0, 0.05) is 5.41 Å². The number of hydrogen-bond acceptors (Lipinski definition) is 1. The van der Waals surface area contributed by atoms with Crippen LogP contribution in [0.1, 0.15) is 39.5 Å². The average Bonchev–Trinajstić information content (AvgIpc) is 2.15. The van der Waals surface area contributed by atoms with Crippen LogP contribution in [0.4, 0.5) is 0 Å². The van der Waals surface area contributed by atoms with E-state index in [-0.39, 0.29) is 11.5 Å². The van der Waals surface area contributed by atoms with E-state index in [2.05, 4.69) is 26.0 Å². The van der Waals surface area contributed by atoms with Crippen molar-refractivity contribution in [2.75, 3.05) is 0 Å². The summed E-state index contributed by atoms with van der Waals surface area (Å²) in [5.74, 6) is 0. The van der Waals surface area contributed by atoms with Crippen LogP contribution < -0.4 is 0 Å². The Morgan fingerprint density at radius 3 is 2.54 bits per heavy atom. The summed E-state index contributed by atoms with van der Waals surface area (Å²) in [6, 6.07) is 0. The van der Waals surface area contributed by atoms with Crippen LogP contribution in [-0.2, 0) is 0 Å². The highest BCUT2D eigenvalue weighted by Gasteiger charge is 2.43. The summed E-state index contributed by atoms with van der Waals surface area (Å²) in [7, 11) is 0. The van der Waals surface area contributed by atoms with Gasteiger partial charge in [0.1, 0.15) is 0 Å². The fourth-order valence-electron chi connectivity index (χ4n) is 2.28. The average molecular weight is 178 g/mol. The summed E-state index contributed by atoms with van der Waals surface area (Å²) in [6.07, 6.45) is 8.80. The third-order valence-electron chi connectivity index (χ3n) is 3.75. The van der Waals surface area contributed by atoms with Gasteiger partial charge in [-0.3, -0.25) is 0 Å². The van der Waals surface area contributed by atoms with Gasteiger partial charge in [0.2, 0.25) is 0 Å². The van der Waals surface area contributed by atoms with Gasteiger partial charge in [-0.15, -0.1) is 0 Å². The Balaban J connectivity index is 2.11. The molecule has 13 heavy (non-hydrogen) atoms. The van der Waals surface area contributed by atoms with Crippen molar-refractivity contribution in [2.24, 2.45) is 5.41 Å². The third kappa shape index (κ3) is 1.35. The third-order valence-corrected chi connectivity index (χ3v) is 3.75. The first-order valence-electron chi connectivity index (χ1n) is 5.16. The maximum Gasteiger partial charge on any atom is 0.0631 e. The number of aliphatic hydroxyl groups excluding tert-OH is 1. The van der Waals surface area contributed by atoms with Crippen molar-refractivity contribution in [1.29, 1.82) is 0 Å². The SMILES string of the molecule is CC1=CCC([C@]2(C)CC[C@@H]2O)=CC1. The molecule has 0 bridgehead atoms. The van der Waals surface area contributed by atoms with E-state index in [9.17, 15) is 5.11 Å². The molecule has 1 N–H and O–H groups in total. The maximum absolute atomic E-state index is 9.72. The molecule has 0 unspecified atom stereocenters. The van der Waals surface area contributed by atoms with Gasteiger partial charge in [0.25, 0.3) is 0 Å². The number of rotatable bonds is 1. The molecular weight excluding hydrogens is 160 g/mol. The van der Waals surface area contributed by atoms with Crippen molar-refractivity contribution >= 4 is 0 Å². The summed E-state index contributed by atoms with van der Waals surface area (Å²) in [5, 5.41) is 9.72. The summed E-state index contributed by atoms with van der Waals surface area (Å²) in [5.41, 5.74) is 3.02. The molecule has 1 saturated carbocycles. The summed E-state index contributed by atoms with van der Waals surface area (Å²) in [4.78, 5) is 0. The van der Waals surface area contributed by atoms with Gasteiger partial charge >= 0.3 is 0 Å². The molecule has 2 atom stereocenters. The molecule has 0 aromatic carbocycles. The molecule has 72 valence electrons. The number of hydrogen-bond donors (Lipinski definition) is 1. The first-order chi connectivity index (χ1) is 6.13. The van der Waals surface area contributed by atoms with Crippen molar-refractivity contribution < 1.29 is 5.11 Å². The van der Waals surface area contributed by atoms with Gasteiger partial charge in [-0.2, -0.15) is 0 Å². The van der Waals surface area contributed by atoms with Gasteiger partial charge in [-0.05, 0) is 32.6 Å². The Morgan fingerprint density at radius 1 is 1.38 bits per heavy atom. The number of aliphatic hydroxyl groups is 1. The molecular formula is C12H18O. The normalized spacial score (nSPS) is 39.2. The predicted molar refractivity (Wildman–Crippen MR) is 54.4 cm³/mol. The lowest BCUT2D eigenvalue weighted by Gasteiger charge is -2.46. The molecule has 1 fully saturated rings. The van der Waals surface area contributed by atoms with Crippen LogP contribution in [0.5, 0.6) is 0 Å². The van der Waals surface area contributed by atoms with Gasteiger partial charge in [-0.25, -0.2) is 0 Å². The smallest absolute Gasteiger partial charge is 0.0631 e. The van der Waals surface area contributed by atoms with Crippen LogP contribution in [-0.4, -0.2) is 11.2 Å². The van der Waals surface area contributed by atoms with Crippen LogP contribution >= 0.6 is 0 Å². The van der Waals surface area contributed by atoms with Crippen molar-refractivity contribution in [3.63, 3.8) is 0 Å². The van der Waals surface area contributed by atoms with Crippen LogP contribution in [0.3, 0.4) is 0 Å². The second-order valence-corrected chi connectivity index (χ2v) is 4.66. The molecule has 0 spiro atoms. The molecule has 1 nitrogen and oxygen atoms in total. The monoisotopic (exact) mass is 178 g/mol. The Bertz CT molecular complexity index is 275. The number of allylic oxidation sites excluding steroid dienone is 3. The van der Waals surface area contributed by atoms with E-state index in [4.69, 9.17) is 0 Å². The molecule has 0 amide bonds. The van der Waals surface area contributed by atoms with E-state index < -0.39 is 0 Å². The second kappa shape index (κ2) is 2.98. The highest BCUT2D eigenvalue weighted by molar-refractivity contribution is 5.28. The molecule has 0 aliphatic heterocycles. The Morgan fingerprint density at radius 2 is 2.15 bits per heavy atom.